The number of alkyl halides is 3. The fourth-order valence-corrected chi connectivity index (χ4v) is 3.60. The molecule has 4 rings (SSSR count). The van der Waals surface area contributed by atoms with E-state index < -0.39 is 23.6 Å². The third kappa shape index (κ3) is 7.68. The van der Waals surface area contributed by atoms with Crippen LogP contribution in [0.15, 0.2) is 103 Å². The third-order valence-corrected chi connectivity index (χ3v) is 5.47. The van der Waals surface area contributed by atoms with Crippen LogP contribution in [-0.4, -0.2) is 24.3 Å². The summed E-state index contributed by atoms with van der Waals surface area (Å²) >= 11 is 0. The molecule has 4 N–H and O–H groups in total. The summed E-state index contributed by atoms with van der Waals surface area (Å²) in [6.07, 6.45) is -4.53. The van der Waals surface area contributed by atoms with Crippen LogP contribution >= 0.6 is 0 Å². The Balaban J connectivity index is 1.32. The Bertz CT molecular complexity index is 1490. The zero-order valence-corrected chi connectivity index (χ0v) is 20.4. The molecule has 4 aromatic rings. The van der Waals surface area contributed by atoms with Gasteiger partial charge >= 0.3 is 6.18 Å². The van der Waals surface area contributed by atoms with Crippen molar-refractivity contribution in [2.45, 2.75) is 6.18 Å². The first-order valence-corrected chi connectivity index (χ1v) is 11.8. The second-order valence-corrected chi connectivity index (χ2v) is 8.42. The van der Waals surface area contributed by atoms with E-state index in [2.05, 4.69) is 21.3 Å². The van der Waals surface area contributed by atoms with Crippen molar-refractivity contribution in [3.05, 3.63) is 120 Å². The molecule has 0 aliphatic heterocycles. The third-order valence-electron chi connectivity index (χ3n) is 5.47. The lowest BCUT2D eigenvalue weighted by molar-refractivity contribution is -0.137. The van der Waals surface area contributed by atoms with Gasteiger partial charge in [-0.05, 0) is 66.7 Å². The molecule has 0 bridgehead atoms. The summed E-state index contributed by atoms with van der Waals surface area (Å²) in [6.45, 7) is -0.100. The molecule has 0 unspecified atom stereocenters. The molecule has 0 aliphatic carbocycles. The Morgan fingerprint density at radius 3 is 1.79 bits per heavy atom. The van der Waals surface area contributed by atoms with E-state index in [0.717, 1.165) is 12.1 Å². The molecule has 0 saturated carbocycles. The number of carbonyl (C=O) groups excluding carboxylic acids is 3. The van der Waals surface area contributed by atoms with E-state index in [0.29, 0.717) is 22.6 Å². The molecule has 198 valence electrons. The van der Waals surface area contributed by atoms with Gasteiger partial charge in [-0.3, -0.25) is 14.4 Å². The standard InChI is InChI=1S/C29H23F3N4O3/c30-29(31,32)21-10-5-13-24(16-21)35-28(39)20-9-4-12-23(15-20)34-26(37)18-33-22-11-6-14-25(17-22)36-27(38)19-7-2-1-3-8-19/h1-17,33H,18H2,(H,34,37)(H,35,39)(H,36,38). The molecule has 0 aromatic heterocycles. The fraction of sp³-hybridized carbons (Fsp3) is 0.0690. The SMILES string of the molecule is O=C(CNc1cccc(NC(=O)c2ccccc2)c1)Nc1cccc(C(=O)Nc2cccc(C(F)(F)F)c2)c1. The summed E-state index contributed by atoms with van der Waals surface area (Å²) in [7, 11) is 0. The van der Waals surface area contributed by atoms with Crippen molar-refractivity contribution in [3.63, 3.8) is 0 Å². The van der Waals surface area contributed by atoms with Gasteiger partial charge in [0.25, 0.3) is 11.8 Å². The lowest BCUT2D eigenvalue weighted by Crippen LogP contribution is -2.22. The highest BCUT2D eigenvalue weighted by Gasteiger charge is 2.30. The zero-order valence-electron chi connectivity index (χ0n) is 20.4. The van der Waals surface area contributed by atoms with Crippen LogP contribution in [0.2, 0.25) is 0 Å². The summed E-state index contributed by atoms with van der Waals surface area (Å²) in [5.74, 6) is -1.29. The van der Waals surface area contributed by atoms with E-state index in [1.807, 2.05) is 6.07 Å². The van der Waals surface area contributed by atoms with Crippen LogP contribution < -0.4 is 21.3 Å². The Hall–Kier alpha value is -5.12. The first kappa shape index (κ1) is 26.9. The maximum absolute atomic E-state index is 12.9. The molecular formula is C29H23F3N4O3. The van der Waals surface area contributed by atoms with Crippen LogP contribution in [0.3, 0.4) is 0 Å². The molecule has 7 nitrogen and oxygen atoms in total. The van der Waals surface area contributed by atoms with Crippen molar-refractivity contribution in [2.75, 3.05) is 27.8 Å². The van der Waals surface area contributed by atoms with Crippen molar-refractivity contribution < 1.29 is 27.6 Å². The second kappa shape index (κ2) is 12.0. The average molecular weight is 533 g/mol. The summed E-state index contributed by atoms with van der Waals surface area (Å²) in [5.41, 5.74) is 1.27. The van der Waals surface area contributed by atoms with Crippen LogP contribution in [0.25, 0.3) is 0 Å². The second-order valence-electron chi connectivity index (χ2n) is 8.42. The number of amides is 3. The maximum Gasteiger partial charge on any atom is 0.416 e. The molecule has 4 aromatic carbocycles. The van der Waals surface area contributed by atoms with Gasteiger partial charge in [-0.2, -0.15) is 13.2 Å². The zero-order chi connectivity index (χ0) is 27.8. The Labute approximate surface area is 222 Å². The van der Waals surface area contributed by atoms with Crippen molar-refractivity contribution in [1.82, 2.24) is 0 Å². The molecule has 3 amide bonds. The van der Waals surface area contributed by atoms with Crippen molar-refractivity contribution in [2.24, 2.45) is 0 Å². The quantitative estimate of drug-likeness (QED) is 0.215. The maximum atomic E-state index is 12.9. The number of benzene rings is 4. The van der Waals surface area contributed by atoms with E-state index in [1.54, 1.807) is 60.7 Å². The van der Waals surface area contributed by atoms with Gasteiger partial charge in [0.15, 0.2) is 0 Å². The summed E-state index contributed by atoms with van der Waals surface area (Å²) < 4.78 is 38.8. The molecule has 10 heteroatoms. The molecule has 0 atom stereocenters. The predicted molar refractivity (Wildman–Crippen MR) is 144 cm³/mol. The number of anilines is 4. The fourth-order valence-electron chi connectivity index (χ4n) is 3.60. The van der Waals surface area contributed by atoms with E-state index >= 15 is 0 Å². The Morgan fingerprint density at radius 1 is 0.564 bits per heavy atom. The van der Waals surface area contributed by atoms with E-state index in [1.165, 1.54) is 24.3 Å². The lowest BCUT2D eigenvalue weighted by atomic mass is 10.1. The minimum Gasteiger partial charge on any atom is -0.376 e. The molecule has 0 radical (unpaired) electrons. The smallest absolute Gasteiger partial charge is 0.376 e. The molecule has 0 heterocycles. The number of hydrogen-bond donors (Lipinski definition) is 4. The highest BCUT2D eigenvalue weighted by Crippen LogP contribution is 2.30. The van der Waals surface area contributed by atoms with Crippen molar-refractivity contribution in [3.8, 4) is 0 Å². The summed E-state index contributed by atoms with van der Waals surface area (Å²) in [5, 5.41) is 10.9. The molecule has 39 heavy (non-hydrogen) atoms. The van der Waals surface area contributed by atoms with Gasteiger partial charge in [0.05, 0.1) is 12.1 Å². The highest BCUT2D eigenvalue weighted by molar-refractivity contribution is 6.06. The summed E-state index contributed by atoms with van der Waals surface area (Å²) in [6, 6.07) is 26.0. The van der Waals surface area contributed by atoms with E-state index in [-0.39, 0.29) is 23.7 Å². The van der Waals surface area contributed by atoms with E-state index in [4.69, 9.17) is 0 Å². The van der Waals surface area contributed by atoms with Gasteiger partial charge in [0.2, 0.25) is 5.91 Å². The number of hydrogen-bond acceptors (Lipinski definition) is 4. The minimum absolute atomic E-state index is 0.00403. The predicted octanol–water partition coefficient (Wildman–Crippen LogP) is 6.26. The monoisotopic (exact) mass is 532 g/mol. The van der Waals surface area contributed by atoms with E-state index in [9.17, 15) is 27.6 Å². The first-order chi connectivity index (χ1) is 18.7. The van der Waals surface area contributed by atoms with Crippen LogP contribution in [0, 0.1) is 0 Å². The van der Waals surface area contributed by atoms with Crippen LogP contribution in [0.4, 0.5) is 35.9 Å². The molecule has 0 spiro atoms. The molecule has 0 saturated heterocycles. The average Bonchev–Trinajstić information content (AvgIpc) is 2.92. The van der Waals surface area contributed by atoms with Gasteiger partial charge in [-0.1, -0.05) is 36.4 Å². The Kier molecular flexibility index (Phi) is 8.25. The van der Waals surface area contributed by atoms with Crippen molar-refractivity contribution >= 4 is 40.5 Å². The molecule has 0 fully saturated rings. The highest BCUT2D eigenvalue weighted by atomic mass is 19.4. The van der Waals surface area contributed by atoms with Crippen LogP contribution in [0.5, 0.6) is 0 Å². The molecular weight excluding hydrogens is 509 g/mol. The van der Waals surface area contributed by atoms with Gasteiger partial charge in [0.1, 0.15) is 0 Å². The normalized spacial score (nSPS) is 10.8. The number of nitrogens with one attached hydrogen (secondary N) is 4. The lowest BCUT2D eigenvalue weighted by Gasteiger charge is -2.12. The van der Waals surface area contributed by atoms with Crippen molar-refractivity contribution in [1.29, 1.82) is 0 Å². The van der Waals surface area contributed by atoms with Crippen LogP contribution in [-0.2, 0) is 11.0 Å². The van der Waals surface area contributed by atoms with Gasteiger partial charge < -0.3 is 21.3 Å². The number of rotatable bonds is 8. The Morgan fingerprint density at radius 2 is 1.10 bits per heavy atom. The first-order valence-electron chi connectivity index (χ1n) is 11.8. The number of carbonyl (C=O) groups is 3. The van der Waals surface area contributed by atoms with Crippen LogP contribution in [0.1, 0.15) is 26.3 Å². The minimum atomic E-state index is -4.53. The van der Waals surface area contributed by atoms with Gasteiger partial charge in [0, 0.05) is 33.9 Å². The molecule has 0 aliphatic rings. The number of halogens is 3. The largest absolute Gasteiger partial charge is 0.416 e. The topological polar surface area (TPSA) is 99.3 Å². The summed E-state index contributed by atoms with van der Waals surface area (Å²) in [4.78, 5) is 37.4. The van der Waals surface area contributed by atoms with Gasteiger partial charge in [-0.15, -0.1) is 0 Å². The van der Waals surface area contributed by atoms with Gasteiger partial charge in [-0.25, -0.2) is 0 Å².